The first-order chi connectivity index (χ1) is 8.02. The van der Waals surface area contributed by atoms with Crippen LogP contribution in [0.3, 0.4) is 0 Å². The highest BCUT2D eigenvalue weighted by atomic mass is 16.2. The molecule has 0 aliphatic heterocycles. The zero-order valence-electron chi connectivity index (χ0n) is 10.8. The molecule has 17 heavy (non-hydrogen) atoms. The van der Waals surface area contributed by atoms with E-state index in [0.717, 1.165) is 18.8 Å². The van der Waals surface area contributed by atoms with Crippen LogP contribution in [0.2, 0.25) is 0 Å². The van der Waals surface area contributed by atoms with E-state index in [1.807, 2.05) is 24.3 Å². The molecule has 0 spiro atoms. The van der Waals surface area contributed by atoms with Gasteiger partial charge in [-0.25, -0.2) is 0 Å². The Hall–Kier alpha value is -1.55. The van der Waals surface area contributed by atoms with Crippen molar-refractivity contribution in [1.29, 1.82) is 0 Å². The summed E-state index contributed by atoms with van der Waals surface area (Å²) in [6.45, 7) is 4.13. The van der Waals surface area contributed by atoms with Crippen LogP contribution in [0.15, 0.2) is 24.3 Å². The van der Waals surface area contributed by atoms with Crippen molar-refractivity contribution in [1.82, 2.24) is 9.80 Å². The van der Waals surface area contributed by atoms with Gasteiger partial charge in [-0.1, -0.05) is 19.1 Å². The van der Waals surface area contributed by atoms with Gasteiger partial charge in [0.05, 0.1) is 6.54 Å². The van der Waals surface area contributed by atoms with Gasteiger partial charge in [-0.2, -0.15) is 0 Å². The Morgan fingerprint density at radius 3 is 2.29 bits per heavy atom. The quantitative estimate of drug-likeness (QED) is 0.780. The van der Waals surface area contributed by atoms with Crippen molar-refractivity contribution < 1.29 is 4.79 Å². The van der Waals surface area contributed by atoms with Crippen molar-refractivity contribution in [2.45, 2.75) is 13.5 Å². The minimum absolute atomic E-state index is 0.127. The minimum atomic E-state index is 0.127. The number of nitrogens with two attached hydrogens (primary N) is 1. The molecule has 4 heteroatoms. The second-order valence-electron chi connectivity index (χ2n) is 4.33. The lowest BCUT2D eigenvalue weighted by molar-refractivity contribution is -0.130. The molecular weight excluding hydrogens is 214 g/mol. The lowest BCUT2D eigenvalue weighted by Gasteiger charge is -2.22. The fraction of sp³-hybridized carbons (Fsp3) is 0.462. The molecule has 4 nitrogen and oxygen atoms in total. The fourth-order valence-corrected chi connectivity index (χ4v) is 1.49. The van der Waals surface area contributed by atoms with Crippen LogP contribution in [0.4, 0.5) is 5.69 Å². The first-order valence-corrected chi connectivity index (χ1v) is 5.80. The molecule has 0 aliphatic rings. The Bertz CT molecular complexity index is 359. The number of amides is 1. The van der Waals surface area contributed by atoms with Gasteiger partial charge in [0, 0.05) is 26.3 Å². The summed E-state index contributed by atoms with van der Waals surface area (Å²) in [6.07, 6.45) is 0. The summed E-state index contributed by atoms with van der Waals surface area (Å²) in [5.41, 5.74) is 7.57. The lowest BCUT2D eigenvalue weighted by Crippen LogP contribution is -2.36. The number of likely N-dealkylation sites (N-methyl/N-ethyl adjacent to an activating group) is 2. The number of carbonyl (C=O) groups is 1. The molecule has 0 fully saturated rings. The predicted molar refractivity (Wildman–Crippen MR) is 70.5 cm³/mol. The van der Waals surface area contributed by atoms with Crippen LogP contribution in [0, 0.1) is 0 Å². The molecule has 1 rings (SSSR count). The maximum absolute atomic E-state index is 11.6. The van der Waals surface area contributed by atoms with Gasteiger partial charge < -0.3 is 10.6 Å². The summed E-state index contributed by atoms with van der Waals surface area (Å²) in [6, 6.07) is 7.77. The molecule has 0 radical (unpaired) electrons. The molecule has 0 aliphatic carbocycles. The molecule has 1 aromatic rings. The van der Waals surface area contributed by atoms with Crippen LogP contribution < -0.4 is 5.73 Å². The van der Waals surface area contributed by atoms with Crippen molar-refractivity contribution in [3.05, 3.63) is 29.8 Å². The molecule has 0 saturated heterocycles. The summed E-state index contributed by atoms with van der Waals surface area (Å²) < 4.78 is 0. The zero-order chi connectivity index (χ0) is 12.8. The van der Waals surface area contributed by atoms with Gasteiger partial charge in [0.1, 0.15) is 0 Å². The first-order valence-electron chi connectivity index (χ1n) is 5.80. The highest BCUT2D eigenvalue weighted by Gasteiger charge is 2.10. The Kier molecular flexibility index (Phi) is 4.97. The molecule has 0 saturated carbocycles. The van der Waals surface area contributed by atoms with Crippen molar-refractivity contribution >= 4 is 11.6 Å². The third kappa shape index (κ3) is 4.44. The number of nitrogens with zero attached hydrogens (tertiary/aromatic N) is 2. The van der Waals surface area contributed by atoms with Crippen molar-refractivity contribution in [2.75, 3.05) is 32.9 Å². The van der Waals surface area contributed by atoms with Crippen molar-refractivity contribution in [3.8, 4) is 0 Å². The number of nitrogen functional groups attached to an aromatic ring is 1. The third-order valence-electron chi connectivity index (χ3n) is 2.69. The van der Waals surface area contributed by atoms with Crippen LogP contribution in [-0.4, -0.2) is 42.9 Å². The molecule has 0 unspecified atom stereocenters. The van der Waals surface area contributed by atoms with Crippen LogP contribution in [0.1, 0.15) is 12.5 Å². The van der Waals surface area contributed by atoms with E-state index in [1.54, 1.807) is 19.0 Å². The highest BCUT2D eigenvalue weighted by Crippen LogP contribution is 2.08. The average Bonchev–Trinajstić information content (AvgIpc) is 2.30. The average molecular weight is 235 g/mol. The summed E-state index contributed by atoms with van der Waals surface area (Å²) in [4.78, 5) is 15.3. The number of rotatable bonds is 5. The van der Waals surface area contributed by atoms with Crippen LogP contribution in [0.5, 0.6) is 0 Å². The number of benzene rings is 1. The molecule has 1 aromatic carbocycles. The van der Waals surface area contributed by atoms with E-state index in [1.165, 1.54) is 5.56 Å². The van der Waals surface area contributed by atoms with E-state index in [0.29, 0.717) is 6.54 Å². The number of hydrogen-bond acceptors (Lipinski definition) is 3. The van der Waals surface area contributed by atoms with Crippen LogP contribution >= 0.6 is 0 Å². The summed E-state index contributed by atoms with van der Waals surface area (Å²) in [5.74, 6) is 0.127. The van der Waals surface area contributed by atoms with Gasteiger partial charge in [-0.3, -0.25) is 9.69 Å². The maximum Gasteiger partial charge on any atom is 0.236 e. The molecule has 0 atom stereocenters. The second-order valence-corrected chi connectivity index (χ2v) is 4.33. The molecule has 0 bridgehead atoms. The third-order valence-corrected chi connectivity index (χ3v) is 2.69. The second kappa shape index (κ2) is 6.25. The van der Waals surface area contributed by atoms with Gasteiger partial charge in [0.25, 0.3) is 0 Å². The normalized spacial score (nSPS) is 10.6. The number of anilines is 1. The Labute approximate surface area is 103 Å². The monoisotopic (exact) mass is 235 g/mol. The Morgan fingerprint density at radius 1 is 1.24 bits per heavy atom. The van der Waals surface area contributed by atoms with Crippen molar-refractivity contribution in [2.24, 2.45) is 0 Å². The van der Waals surface area contributed by atoms with E-state index in [2.05, 4.69) is 11.8 Å². The van der Waals surface area contributed by atoms with Gasteiger partial charge in [0.2, 0.25) is 5.91 Å². The van der Waals surface area contributed by atoms with Gasteiger partial charge in [-0.05, 0) is 24.2 Å². The number of carbonyl (C=O) groups excluding carboxylic acids is 1. The Morgan fingerprint density at radius 2 is 1.82 bits per heavy atom. The zero-order valence-corrected chi connectivity index (χ0v) is 10.8. The van der Waals surface area contributed by atoms with E-state index < -0.39 is 0 Å². The maximum atomic E-state index is 11.6. The van der Waals surface area contributed by atoms with Crippen LogP contribution in [0.25, 0.3) is 0 Å². The molecule has 2 N–H and O–H groups in total. The van der Waals surface area contributed by atoms with E-state index in [4.69, 9.17) is 5.73 Å². The van der Waals surface area contributed by atoms with Gasteiger partial charge in [0.15, 0.2) is 0 Å². The highest BCUT2D eigenvalue weighted by molar-refractivity contribution is 5.77. The smallest absolute Gasteiger partial charge is 0.236 e. The summed E-state index contributed by atoms with van der Waals surface area (Å²) >= 11 is 0. The summed E-state index contributed by atoms with van der Waals surface area (Å²) in [5, 5.41) is 0. The molecular formula is C13H21N3O. The predicted octanol–water partition coefficient (Wildman–Crippen LogP) is 1.18. The largest absolute Gasteiger partial charge is 0.399 e. The van der Waals surface area contributed by atoms with Crippen molar-refractivity contribution in [3.63, 3.8) is 0 Å². The summed E-state index contributed by atoms with van der Waals surface area (Å²) in [7, 11) is 3.55. The molecule has 94 valence electrons. The van der Waals surface area contributed by atoms with E-state index in [-0.39, 0.29) is 5.91 Å². The van der Waals surface area contributed by atoms with E-state index >= 15 is 0 Å². The van der Waals surface area contributed by atoms with Gasteiger partial charge in [-0.15, -0.1) is 0 Å². The minimum Gasteiger partial charge on any atom is -0.399 e. The topological polar surface area (TPSA) is 49.6 Å². The standard InChI is InChI=1S/C13H21N3O/c1-4-16(10-13(17)15(2)3)9-11-5-7-12(14)8-6-11/h5-8H,4,9-10,14H2,1-3H3. The van der Waals surface area contributed by atoms with E-state index in [9.17, 15) is 4.79 Å². The van der Waals surface area contributed by atoms with Crippen LogP contribution in [-0.2, 0) is 11.3 Å². The van der Waals surface area contributed by atoms with Gasteiger partial charge >= 0.3 is 0 Å². The molecule has 0 heterocycles. The first kappa shape index (κ1) is 13.5. The fourth-order valence-electron chi connectivity index (χ4n) is 1.49. The molecule has 0 aromatic heterocycles. The molecule has 1 amide bonds. The number of hydrogen-bond donors (Lipinski definition) is 1. The SMILES string of the molecule is CCN(CC(=O)N(C)C)Cc1ccc(N)cc1. The Balaban J connectivity index is 2.57. The lowest BCUT2D eigenvalue weighted by atomic mass is 10.2.